The molecule has 0 bridgehead atoms. The molecule has 1 unspecified atom stereocenters. The van der Waals surface area contributed by atoms with Gasteiger partial charge in [0, 0.05) is 6.61 Å². The van der Waals surface area contributed by atoms with Crippen molar-refractivity contribution >= 4 is 29.0 Å². The fourth-order valence-electron chi connectivity index (χ4n) is 5.68. The monoisotopic (exact) mass is 591 g/mol. The van der Waals surface area contributed by atoms with Crippen molar-refractivity contribution in [3.05, 3.63) is 142 Å². The highest BCUT2D eigenvalue weighted by atomic mass is 32.2. The van der Waals surface area contributed by atoms with Crippen molar-refractivity contribution in [2.75, 3.05) is 19.8 Å². The summed E-state index contributed by atoms with van der Waals surface area (Å²) >= 11 is 0.961. The lowest BCUT2D eigenvalue weighted by Gasteiger charge is -2.41. The van der Waals surface area contributed by atoms with Crippen molar-refractivity contribution in [1.29, 1.82) is 0 Å². The molecule has 6 rings (SSSR count). The van der Waals surface area contributed by atoms with Gasteiger partial charge in [-0.1, -0.05) is 103 Å². The smallest absolute Gasteiger partial charge is 0.294 e. The number of amides is 2. The van der Waals surface area contributed by atoms with Gasteiger partial charge in [-0.15, -0.1) is 0 Å². The van der Waals surface area contributed by atoms with Crippen molar-refractivity contribution in [3.63, 3.8) is 0 Å². The van der Waals surface area contributed by atoms with Crippen LogP contribution in [0.2, 0.25) is 0 Å². The Morgan fingerprint density at radius 1 is 0.767 bits per heavy atom. The van der Waals surface area contributed by atoms with Gasteiger partial charge >= 0.3 is 0 Å². The summed E-state index contributed by atoms with van der Waals surface area (Å²) in [6.07, 6.45) is 4.76. The van der Waals surface area contributed by atoms with E-state index in [0.717, 1.165) is 59.9 Å². The Morgan fingerprint density at radius 2 is 1.35 bits per heavy atom. The van der Waals surface area contributed by atoms with Crippen molar-refractivity contribution in [2.45, 2.75) is 31.1 Å². The molecule has 0 aromatic heterocycles. The van der Waals surface area contributed by atoms with Crippen LogP contribution in [0.4, 0.5) is 4.79 Å². The average molecular weight is 592 g/mol. The first kappa shape index (κ1) is 28.9. The number of ether oxygens (including phenoxy) is 3. The number of carbonyl (C=O) groups is 2. The summed E-state index contributed by atoms with van der Waals surface area (Å²) in [4.78, 5) is 29.9. The molecule has 0 N–H and O–H groups in total. The average Bonchev–Trinajstić information content (AvgIpc) is 3.34. The van der Waals surface area contributed by atoms with Gasteiger partial charge in [0.1, 0.15) is 17.9 Å². The Kier molecular flexibility index (Phi) is 9.03. The predicted octanol–water partition coefficient (Wildman–Crippen LogP) is 7.64. The Bertz CT molecular complexity index is 1460. The maximum atomic E-state index is 14.2. The standard InChI is InChI=1S/C36H33NO5S/c38-34-32(26-27-19-21-31(22-20-27)40-24-25-42-33-18-10-11-23-41-33)43-35(39)37(34)36(28-12-4-1-5-13-28,29-14-6-2-7-15-29)30-16-8-3-9-17-30/h1-9,12-17,19-22,26,33H,10-11,18,23-25H2/b32-26-. The summed E-state index contributed by atoms with van der Waals surface area (Å²) in [6.45, 7) is 1.61. The summed E-state index contributed by atoms with van der Waals surface area (Å²) in [5.74, 6) is 0.364. The quantitative estimate of drug-likeness (QED) is 0.107. The van der Waals surface area contributed by atoms with Crippen LogP contribution in [0.25, 0.3) is 6.08 Å². The molecule has 0 radical (unpaired) electrons. The van der Waals surface area contributed by atoms with Crippen molar-refractivity contribution < 1.29 is 23.8 Å². The molecule has 2 aliphatic heterocycles. The van der Waals surface area contributed by atoms with Crippen LogP contribution in [0.15, 0.2) is 120 Å². The van der Waals surface area contributed by atoms with Gasteiger partial charge in [-0.05, 0) is 71.5 Å². The minimum Gasteiger partial charge on any atom is -0.491 e. The Labute approximate surface area is 256 Å². The van der Waals surface area contributed by atoms with Crippen LogP contribution in [0.1, 0.15) is 41.5 Å². The number of nitrogens with zero attached hydrogens (tertiary/aromatic N) is 1. The van der Waals surface area contributed by atoms with E-state index in [9.17, 15) is 9.59 Å². The number of carbonyl (C=O) groups excluding carboxylic acids is 2. The zero-order valence-corrected chi connectivity index (χ0v) is 24.6. The maximum absolute atomic E-state index is 14.2. The molecular formula is C36H33NO5S. The molecule has 2 fully saturated rings. The summed E-state index contributed by atoms with van der Waals surface area (Å²) in [7, 11) is 0. The number of hydrogen-bond donors (Lipinski definition) is 0. The Morgan fingerprint density at radius 3 is 1.88 bits per heavy atom. The summed E-state index contributed by atoms with van der Waals surface area (Å²) in [5, 5.41) is -0.324. The number of rotatable bonds is 10. The van der Waals surface area contributed by atoms with Crippen LogP contribution in [0.3, 0.4) is 0 Å². The van der Waals surface area contributed by atoms with Crippen LogP contribution in [-0.4, -0.2) is 42.2 Å². The zero-order valence-electron chi connectivity index (χ0n) is 23.8. The Hall–Kier alpha value is -4.17. The molecule has 4 aromatic rings. The van der Waals surface area contributed by atoms with Gasteiger partial charge in [0.25, 0.3) is 11.1 Å². The summed E-state index contributed by atoms with van der Waals surface area (Å²) in [5.41, 5.74) is 2.14. The third-order valence-electron chi connectivity index (χ3n) is 7.68. The van der Waals surface area contributed by atoms with Gasteiger partial charge in [0.15, 0.2) is 6.29 Å². The fourth-order valence-corrected chi connectivity index (χ4v) is 6.55. The highest BCUT2D eigenvalue weighted by molar-refractivity contribution is 8.18. The third kappa shape index (κ3) is 6.15. The second-order valence-electron chi connectivity index (χ2n) is 10.4. The van der Waals surface area contributed by atoms with E-state index in [2.05, 4.69) is 0 Å². The topological polar surface area (TPSA) is 65.1 Å². The molecule has 0 aliphatic carbocycles. The van der Waals surface area contributed by atoms with Gasteiger partial charge in [0.05, 0.1) is 11.5 Å². The van der Waals surface area contributed by atoms with E-state index < -0.39 is 5.54 Å². The van der Waals surface area contributed by atoms with Crippen LogP contribution in [0.5, 0.6) is 5.75 Å². The molecule has 7 heteroatoms. The molecule has 43 heavy (non-hydrogen) atoms. The second-order valence-corrected chi connectivity index (χ2v) is 11.4. The lowest BCUT2D eigenvalue weighted by atomic mass is 9.75. The highest BCUT2D eigenvalue weighted by Gasteiger charge is 2.52. The lowest BCUT2D eigenvalue weighted by Crippen LogP contribution is -2.50. The largest absolute Gasteiger partial charge is 0.491 e. The number of imide groups is 1. The molecule has 218 valence electrons. The normalized spacial score (nSPS) is 18.3. The van der Waals surface area contributed by atoms with Crippen molar-refractivity contribution in [1.82, 2.24) is 4.90 Å². The van der Waals surface area contributed by atoms with Gasteiger partial charge in [-0.2, -0.15) is 0 Å². The fraction of sp³-hybridized carbons (Fsp3) is 0.222. The molecule has 0 spiro atoms. The van der Waals surface area contributed by atoms with E-state index in [0.29, 0.717) is 23.9 Å². The molecule has 0 saturated carbocycles. The van der Waals surface area contributed by atoms with Crippen LogP contribution >= 0.6 is 11.8 Å². The van der Waals surface area contributed by atoms with Gasteiger partial charge in [0.2, 0.25) is 0 Å². The summed E-state index contributed by atoms with van der Waals surface area (Å²) < 4.78 is 17.2. The van der Waals surface area contributed by atoms with Crippen LogP contribution < -0.4 is 4.74 Å². The van der Waals surface area contributed by atoms with E-state index >= 15 is 0 Å². The molecule has 2 saturated heterocycles. The number of thioether (sulfide) groups is 1. The first-order valence-electron chi connectivity index (χ1n) is 14.6. The molecule has 2 amide bonds. The van der Waals surface area contributed by atoms with Crippen LogP contribution in [-0.2, 0) is 19.8 Å². The van der Waals surface area contributed by atoms with E-state index in [1.54, 1.807) is 6.08 Å². The first-order valence-corrected chi connectivity index (χ1v) is 15.4. The minimum absolute atomic E-state index is 0.139. The molecular weight excluding hydrogens is 558 g/mol. The van der Waals surface area contributed by atoms with Gasteiger partial charge in [-0.3, -0.25) is 9.59 Å². The van der Waals surface area contributed by atoms with E-state index in [1.807, 2.05) is 115 Å². The third-order valence-corrected chi connectivity index (χ3v) is 8.54. The van der Waals surface area contributed by atoms with Crippen molar-refractivity contribution in [3.8, 4) is 5.75 Å². The van der Waals surface area contributed by atoms with E-state index in [-0.39, 0.29) is 17.4 Å². The van der Waals surface area contributed by atoms with Crippen LogP contribution in [0, 0.1) is 0 Å². The van der Waals surface area contributed by atoms with Gasteiger partial charge in [-0.25, -0.2) is 4.90 Å². The molecule has 6 nitrogen and oxygen atoms in total. The molecule has 2 aliphatic rings. The number of benzene rings is 4. The Balaban J connectivity index is 1.26. The van der Waals surface area contributed by atoms with Gasteiger partial charge < -0.3 is 14.2 Å². The van der Waals surface area contributed by atoms with Crippen molar-refractivity contribution in [2.24, 2.45) is 0 Å². The highest BCUT2D eigenvalue weighted by Crippen LogP contribution is 2.48. The predicted molar refractivity (Wildman–Crippen MR) is 168 cm³/mol. The molecule has 4 aromatic carbocycles. The molecule has 1 atom stereocenters. The maximum Gasteiger partial charge on any atom is 0.294 e. The summed E-state index contributed by atoms with van der Waals surface area (Å²) in [6, 6.07) is 36.7. The number of hydrogen-bond acceptors (Lipinski definition) is 6. The second kappa shape index (κ2) is 13.4. The molecule has 2 heterocycles. The zero-order chi connectivity index (χ0) is 29.5. The van der Waals surface area contributed by atoms with E-state index in [4.69, 9.17) is 14.2 Å². The lowest BCUT2D eigenvalue weighted by molar-refractivity contribution is -0.165. The first-order chi connectivity index (χ1) is 21.2. The minimum atomic E-state index is -1.15. The van der Waals surface area contributed by atoms with E-state index in [1.165, 1.54) is 4.90 Å². The SMILES string of the molecule is O=C1S/C(=C\c2ccc(OCCOC3CCCCO3)cc2)C(=O)N1C(c1ccccc1)(c1ccccc1)c1ccccc1.